The van der Waals surface area contributed by atoms with Crippen molar-refractivity contribution in [3.63, 3.8) is 0 Å². The largest absolute Gasteiger partial charge is 0.322 e. The Balaban J connectivity index is 1.68. The fraction of sp³-hybridized carbons (Fsp3) is 0.409. The Hall–Kier alpha value is -2.16. The topological polar surface area (TPSA) is 67.2 Å². The molecule has 158 valence electrons. The molecule has 0 radical (unpaired) electrons. The van der Waals surface area contributed by atoms with E-state index in [1.807, 2.05) is 14.1 Å². The fourth-order valence-electron chi connectivity index (χ4n) is 3.59. The van der Waals surface area contributed by atoms with Gasteiger partial charge in [0.1, 0.15) is 10.2 Å². The van der Waals surface area contributed by atoms with E-state index < -0.39 is 0 Å². The zero-order valence-electron chi connectivity index (χ0n) is 17.9. The molecule has 3 heterocycles. The number of hydrogen-bond acceptors (Lipinski definition) is 6. The number of thiophene rings is 1. The molecule has 1 aliphatic heterocycles. The summed E-state index contributed by atoms with van der Waals surface area (Å²) >= 11 is 2.88. The first-order valence-electron chi connectivity index (χ1n) is 9.86. The Morgan fingerprint density at radius 3 is 2.53 bits per heavy atom. The van der Waals surface area contributed by atoms with E-state index in [0.29, 0.717) is 28.2 Å². The van der Waals surface area contributed by atoms with Gasteiger partial charge in [0.15, 0.2) is 0 Å². The third-order valence-electron chi connectivity index (χ3n) is 5.39. The molecule has 0 saturated heterocycles. The van der Waals surface area contributed by atoms with Crippen molar-refractivity contribution >= 4 is 44.9 Å². The van der Waals surface area contributed by atoms with Gasteiger partial charge in [-0.3, -0.25) is 14.2 Å². The summed E-state index contributed by atoms with van der Waals surface area (Å²) in [6, 6.07) is 8.68. The number of fused-ring (bicyclic) bond motifs is 3. The van der Waals surface area contributed by atoms with Crippen LogP contribution < -0.4 is 10.9 Å². The van der Waals surface area contributed by atoms with E-state index in [0.717, 1.165) is 9.77 Å². The standard InChI is InChI=1S/C22H26N4O2S2/c1-22(2,3)14-8-6-13(7-9-14)15(25(4)5)10-26-12-23-17-18-21(29-11-16(27)24-18)30-19(17)20(26)28/h6-9,12,15H,10-11H2,1-5H3,(H,24,27). The molecule has 1 aromatic carbocycles. The Morgan fingerprint density at radius 2 is 1.90 bits per heavy atom. The van der Waals surface area contributed by atoms with Gasteiger partial charge in [0.25, 0.3) is 5.56 Å². The molecule has 1 amide bonds. The van der Waals surface area contributed by atoms with Crippen molar-refractivity contribution in [3.05, 3.63) is 52.1 Å². The average Bonchev–Trinajstić information content (AvgIpc) is 3.05. The molecule has 0 fully saturated rings. The molecule has 8 heteroatoms. The highest BCUT2D eigenvalue weighted by Crippen LogP contribution is 2.42. The van der Waals surface area contributed by atoms with Gasteiger partial charge in [-0.1, -0.05) is 45.0 Å². The molecule has 1 unspecified atom stereocenters. The molecule has 3 aromatic rings. The van der Waals surface area contributed by atoms with Crippen molar-refractivity contribution < 1.29 is 4.79 Å². The second-order valence-corrected chi connectivity index (χ2v) is 11.1. The van der Waals surface area contributed by atoms with Gasteiger partial charge in [0.05, 0.1) is 28.0 Å². The van der Waals surface area contributed by atoms with Gasteiger partial charge >= 0.3 is 0 Å². The van der Waals surface area contributed by atoms with E-state index in [2.05, 4.69) is 60.2 Å². The zero-order chi connectivity index (χ0) is 21.6. The summed E-state index contributed by atoms with van der Waals surface area (Å²) in [4.78, 5) is 31.6. The second kappa shape index (κ2) is 7.83. The maximum absolute atomic E-state index is 13.2. The Labute approximate surface area is 184 Å². The molecule has 0 aliphatic carbocycles. The van der Waals surface area contributed by atoms with Gasteiger partial charge < -0.3 is 10.2 Å². The highest BCUT2D eigenvalue weighted by Gasteiger charge is 2.25. The van der Waals surface area contributed by atoms with Crippen LogP contribution in [0.25, 0.3) is 10.2 Å². The molecule has 6 nitrogen and oxygen atoms in total. The highest BCUT2D eigenvalue weighted by atomic mass is 32.2. The number of rotatable bonds is 4. The Bertz CT molecular complexity index is 1160. The number of anilines is 1. The molecule has 1 aliphatic rings. The van der Waals surface area contributed by atoms with Gasteiger partial charge in [-0.25, -0.2) is 4.98 Å². The van der Waals surface area contributed by atoms with Crippen molar-refractivity contribution in [1.29, 1.82) is 0 Å². The molecule has 1 N–H and O–H groups in total. The lowest BCUT2D eigenvalue weighted by Crippen LogP contribution is -2.30. The minimum absolute atomic E-state index is 0.0413. The maximum Gasteiger partial charge on any atom is 0.271 e. The van der Waals surface area contributed by atoms with Gasteiger partial charge in [-0.05, 0) is 30.6 Å². The number of benzene rings is 1. The number of aromatic nitrogens is 2. The molecular formula is C22H26N4O2S2. The van der Waals surface area contributed by atoms with Crippen molar-refractivity contribution in [2.24, 2.45) is 0 Å². The number of thioether (sulfide) groups is 1. The molecule has 0 spiro atoms. The summed E-state index contributed by atoms with van der Waals surface area (Å²) in [5.41, 5.74) is 3.76. The summed E-state index contributed by atoms with van der Waals surface area (Å²) in [6.45, 7) is 7.11. The van der Waals surface area contributed by atoms with Crippen molar-refractivity contribution in [3.8, 4) is 0 Å². The van der Waals surface area contributed by atoms with Crippen LogP contribution in [0.5, 0.6) is 0 Å². The first-order chi connectivity index (χ1) is 14.1. The predicted octanol–water partition coefficient (Wildman–Crippen LogP) is 4.10. The number of carbonyl (C=O) groups is 1. The van der Waals surface area contributed by atoms with E-state index in [1.54, 1.807) is 10.9 Å². The summed E-state index contributed by atoms with van der Waals surface area (Å²) in [7, 11) is 4.05. The molecular weight excluding hydrogens is 416 g/mol. The number of likely N-dealkylation sites (N-methyl/N-ethyl adjacent to an activating group) is 1. The summed E-state index contributed by atoms with van der Waals surface area (Å²) in [5, 5.41) is 2.86. The maximum atomic E-state index is 13.2. The first-order valence-corrected chi connectivity index (χ1v) is 11.7. The van der Waals surface area contributed by atoms with Crippen molar-refractivity contribution in [1.82, 2.24) is 14.5 Å². The first kappa shape index (κ1) is 21.1. The summed E-state index contributed by atoms with van der Waals surface area (Å²) in [5.74, 6) is 0.325. The van der Waals surface area contributed by atoms with Crippen LogP contribution in [0.1, 0.15) is 37.9 Å². The van der Waals surface area contributed by atoms with E-state index in [-0.39, 0.29) is 22.9 Å². The third kappa shape index (κ3) is 3.91. The van der Waals surface area contributed by atoms with Gasteiger partial charge in [-0.2, -0.15) is 0 Å². The van der Waals surface area contributed by atoms with Crippen molar-refractivity contribution in [2.75, 3.05) is 25.2 Å². The quantitative estimate of drug-likeness (QED) is 0.659. The molecule has 30 heavy (non-hydrogen) atoms. The number of amides is 1. The molecule has 1 atom stereocenters. The van der Waals surface area contributed by atoms with E-state index >= 15 is 0 Å². The van der Waals surface area contributed by atoms with Crippen LogP contribution >= 0.6 is 23.1 Å². The van der Waals surface area contributed by atoms with Crippen molar-refractivity contribution in [2.45, 2.75) is 43.0 Å². The molecule has 0 bridgehead atoms. The van der Waals surface area contributed by atoms with Crippen LogP contribution in [-0.4, -0.2) is 40.2 Å². The van der Waals surface area contributed by atoms with Crippen LogP contribution in [0.4, 0.5) is 5.69 Å². The SMILES string of the molecule is CN(C)C(Cn1cnc2c3c(sc2c1=O)SCC(=O)N3)c1ccc(C(C)(C)C)cc1. The monoisotopic (exact) mass is 442 g/mol. The lowest BCUT2D eigenvalue weighted by molar-refractivity contribution is -0.113. The smallest absolute Gasteiger partial charge is 0.271 e. The number of nitrogens with zero attached hydrogens (tertiary/aromatic N) is 3. The normalized spacial score (nSPS) is 15.3. The minimum atomic E-state index is -0.0626. The molecule has 4 rings (SSSR count). The highest BCUT2D eigenvalue weighted by molar-refractivity contribution is 8.02. The van der Waals surface area contributed by atoms with Crippen LogP contribution in [0.15, 0.2) is 39.6 Å². The Morgan fingerprint density at radius 1 is 1.20 bits per heavy atom. The van der Waals surface area contributed by atoms with Crippen LogP contribution in [-0.2, 0) is 16.8 Å². The summed E-state index contributed by atoms with van der Waals surface area (Å²) < 4.78 is 3.23. The summed E-state index contributed by atoms with van der Waals surface area (Å²) in [6.07, 6.45) is 1.60. The predicted molar refractivity (Wildman–Crippen MR) is 125 cm³/mol. The van der Waals surface area contributed by atoms with Gasteiger partial charge in [-0.15, -0.1) is 23.1 Å². The van der Waals surface area contributed by atoms with E-state index in [1.165, 1.54) is 28.7 Å². The van der Waals surface area contributed by atoms with Crippen LogP contribution in [0, 0.1) is 0 Å². The van der Waals surface area contributed by atoms with E-state index in [4.69, 9.17) is 0 Å². The Kier molecular flexibility index (Phi) is 5.50. The minimum Gasteiger partial charge on any atom is -0.322 e. The zero-order valence-corrected chi connectivity index (χ0v) is 19.5. The van der Waals surface area contributed by atoms with E-state index in [9.17, 15) is 9.59 Å². The number of carbonyl (C=O) groups excluding carboxylic acids is 1. The van der Waals surface area contributed by atoms with Gasteiger partial charge in [0.2, 0.25) is 5.91 Å². The lowest BCUT2D eigenvalue weighted by Gasteiger charge is -2.26. The van der Waals surface area contributed by atoms with Gasteiger partial charge in [0, 0.05) is 6.54 Å². The fourth-order valence-corrected chi connectivity index (χ4v) is 5.77. The van der Waals surface area contributed by atoms with Crippen LogP contribution in [0.3, 0.4) is 0 Å². The third-order valence-corrected chi connectivity index (χ3v) is 7.82. The molecule has 0 saturated carbocycles. The molecule has 2 aromatic heterocycles. The lowest BCUT2D eigenvalue weighted by atomic mass is 9.86. The average molecular weight is 443 g/mol. The number of nitrogens with one attached hydrogen (secondary N) is 1. The second-order valence-electron chi connectivity index (χ2n) is 8.83. The number of hydrogen-bond donors (Lipinski definition) is 1. The van der Waals surface area contributed by atoms with Crippen LogP contribution in [0.2, 0.25) is 0 Å².